The second kappa shape index (κ2) is 5.57. The molecule has 1 N–H and O–H groups in total. The van der Waals surface area contributed by atoms with E-state index in [1.54, 1.807) is 19.2 Å². The molecule has 1 aliphatic rings. The Labute approximate surface area is 114 Å². The largest absolute Gasteiger partial charge is 0.462 e. The predicted molar refractivity (Wildman–Crippen MR) is 74.5 cm³/mol. The van der Waals surface area contributed by atoms with Crippen LogP contribution in [0.15, 0.2) is 18.3 Å². The maximum Gasteiger partial charge on any atom is 0.339 e. The Morgan fingerprint density at radius 1 is 1.53 bits per heavy atom. The predicted octanol–water partition coefficient (Wildman–Crippen LogP) is 1.45. The molecule has 19 heavy (non-hydrogen) atoms. The lowest BCUT2D eigenvalue weighted by atomic mass is 10.0. The first-order chi connectivity index (χ1) is 9.04. The molecular weight excluding hydrogens is 242 g/mol. The average molecular weight is 263 g/mol. The topological polar surface area (TPSA) is 54.5 Å². The number of piperazine rings is 1. The van der Waals surface area contributed by atoms with Gasteiger partial charge in [-0.05, 0) is 32.9 Å². The van der Waals surface area contributed by atoms with Gasteiger partial charge in [0.2, 0.25) is 0 Å². The molecule has 0 spiro atoms. The number of ether oxygens (including phenoxy) is 1. The van der Waals surface area contributed by atoms with Gasteiger partial charge in [0.25, 0.3) is 0 Å². The number of pyridine rings is 1. The highest BCUT2D eigenvalue weighted by atomic mass is 16.5. The number of rotatable bonds is 3. The maximum absolute atomic E-state index is 11.6. The molecule has 1 fully saturated rings. The van der Waals surface area contributed by atoms with Crippen molar-refractivity contribution in [2.75, 3.05) is 31.1 Å². The molecule has 1 aromatic heterocycles. The number of carbonyl (C=O) groups is 1. The molecule has 1 saturated heterocycles. The molecule has 0 unspecified atom stereocenters. The zero-order valence-corrected chi connectivity index (χ0v) is 11.8. The van der Waals surface area contributed by atoms with Crippen LogP contribution in [-0.4, -0.2) is 42.7 Å². The Morgan fingerprint density at radius 3 is 2.89 bits per heavy atom. The Bertz CT molecular complexity index is 443. The molecule has 2 rings (SSSR count). The van der Waals surface area contributed by atoms with E-state index in [-0.39, 0.29) is 11.5 Å². The summed E-state index contributed by atoms with van der Waals surface area (Å²) in [5.41, 5.74) is 0.523. The number of aromatic nitrogens is 1. The van der Waals surface area contributed by atoms with Crippen LogP contribution in [0.5, 0.6) is 0 Å². The Morgan fingerprint density at radius 2 is 2.32 bits per heavy atom. The van der Waals surface area contributed by atoms with Crippen LogP contribution in [0, 0.1) is 0 Å². The van der Waals surface area contributed by atoms with Crippen LogP contribution in [0.2, 0.25) is 0 Å². The molecule has 0 bridgehead atoms. The minimum atomic E-state index is -0.318. The van der Waals surface area contributed by atoms with Crippen LogP contribution in [-0.2, 0) is 4.74 Å². The van der Waals surface area contributed by atoms with E-state index in [0.29, 0.717) is 12.2 Å². The number of carbonyl (C=O) groups excluding carboxylic acids is 1. The molecular formula is C14H21N3O2. The van der Waals surface area contributed by atoms with Crippen LogP contribution in [0.3, 0.4) is 0 Å². The van der Waals surface area contributed by atoms with Crippen LogP contribution < -0.4 is 10.2 Å². The van der Waals surface area contributed by atoms with Gasteiger partial charge in [-0.25, -0.2) is 9.78 Å². The fourth-order valence-corrected chi connectivity index (χ4v) is 2.29. The summed E-state index contributed by atoms with van der Waals surface area (Å²) in [6, 6.07) is 3.66. The molecule has 5 nitrogen and oxygen atoms in total. The van der Waals surface area contributed by atoms with E-state index in [9.17, 15) is 4.79 Å². The summed E-state index contributed by atoms with van der Waals surface area (Å²) in [4.78, 5) is 18.2. The van der Waals surface area contributed by atoms with Crippen molar-refractivity contribution < 1.29 is 9.53 Å². The van der Waals surface area contributed by atoms with Gasteiger partial charge >= 0.3 is 5.97 Å². The molecule has 1 aromatic rings. The molecule has 2 heterocycles. The summed E-state index contributed by atoms with van der Waals surface area (Å²) < 4.78 is 4.95. The third-order valence-corrected chi connectivity index (χ3v) is 3.34. The quantitative estimate of drug-likeness (QED) is 0.836. The zero-order chi connectivity index (χ0) is 13.9. The van der Waals surface area contributed by atoms with Crippen molar-refractivity contribution in [3.63, 3.8) is 0 Å². The van der Waals surface area contributed by atoms with Crippen LogP contribution >= 0.6 is 0 Å². The van der Waals surface area contributed by atoms with Gasteiger partial charge in [0.05, 0.1) is 12.2 Å². The third kappa shape index (κ3) is 3.04. The highest BCUT2D eigenvalue weighted by molar-refractivity contribution is 5.89. The van der Waals surface area contributed by atoms with Crippen molar-refractivity contribution >= 4 is 11.8 Å². The van der Waals surface area contributed by atoms with Gasteiger partial charge in [-0.3, -0.25) is 0 Å². The SMILES string of the molecule is CCOC(=O)c1ccc(N2CCNCC2(C)C)nc1. The summed E-state index contributed by atoms with van der Waals surface area (Å²) in [5, 5.41) is 3.38. The van der Waals surface area contributed by atoms with E-state index in [1.807, 2.05) is 6.07 Å². The Balaban J connectivity index is 2.15. The van der Waals surface area contributed by atoms with E-state index in [1.165, 1.54) is 0 Å². The van der Waals surface area contributed by atoms with Crippen molar-refractivity contribution in [3.8, 4) is 0 Å². The summed E-state index contributed by atoms with van der Waals surface area (Å²) in [6.07, 6.45) is 1.59. The average Bonchev–Trinajstić information content (AvgIpc) is 2.39. The first-order valence-electron chi connectivity index (χ1n) is 6.66. The fourth-order valence-electron chi connectivity index (χ4n) is 2.29. The van der Waals surface area contributed by atoms with Gasteiger partial charge in [-0.15, -0.1) is 0 Å². The fraction of sp³-hybridized carbons (Fsp3) is 0.571. The molecule has 0 amide bonds. The molecule has 104 valence electrons. The van der Waals surface area contributed by atoms with E-state index in [2.05, 4.69) is 29.0 Å². The first kappa shape index (κ1) is 13.8. The zero-order valence-electron chi connectivity index (χ0n) is 11.8. The molecule has 0 aromatic carbocycles. The summed E-state index contributed by atoms with van der Waals surface area (Å²) in [5.74, 6) is 0.584. The number of esters is 1. The molecule has 0 atom stereocenters. The lowest BCUT2D eigenvalue weighted by Crippen LogP contribution is -2.58. The smallest absolute Gasteiger partial charge is 0.339 e. The summed E-state index contributed by atoms with van der Waals surface area (Å²) >= 11 is 0. The van der Waals surface area contributed by atoms with Crippen molar-refractivity contribution in [2.24, 2.45) is 0 Å². The number of hydrogen-bond acceptors (Lipinski definition) is 5. The molecule has 0 saturated carbocycles. The van der Waals surface area contributed by atoms with E-state index in [4.69, 9.17) is 4.74 Å². The molecule has 5 heteroatoms. The Hall–Kier alpha value is -1.62. The number of nitrogens with one attached hydrogen (secondary N) is 1. The van der Waals surface area contributed by atoms with E-state index >= 15 is 0 Å². The van der Waals surface area contributed by atoms with Gasteiger partial charge in [0, 0.05) is 31.4 Å². The van der Waals surface area contributed by atoms with Gasteiger partial charge in [-0.2, -0.15) is 0 Å². The highest BCUT2D eigenvalue weighted by Crippen LogP contribution is 2.23. The second-order valence-corrected chi connectivity index (χ2v) is 5.27. The lowest BCUT2D eigenvalue weighted by Gasteiger charge is -2.43. The highest BCUT2D eigenvalue weighted by Gasteiger charge is 2.30. The van der Waals surface area contributed by atoms with Crippen molar-refractivity contribution in [2.45, 2.75) is 26.3 Å². The van der Waals surface area contributed by atoms with E-state index < -0.39 is 0 Å². The minimum Gasteiger partial charge on any atom is -0.462 e. The van der Waals surface area contributed by atoms with Crippen molar-refractivity contribution in [3.05, 3.63) is 23.9 Å². The van der Waals surface area contributed by atoms with Gasteiger partial charge < -0.3 is 15.0 Å². The number of nitrogens with zero attached hydrogens (tertiary/aromatic N) is 2. The summed E-state index contributed by atoms with van der Waals surface area (Å²) in [7, 11) is 0. The molecule has 1 aliphatic heterocycles. The summed E-state index contributed by atoms with van der Waals surface area (Å²) in [6.45, 7) is 9.33. The minimum absolute atomic E-state index is 0.0245. The van der Waals surface area contributed by atoms with Crippen LogP contribution in [0.4, 0.5) is 5.82 Å². The van der Waals surface area contributed by atoms with Crippen molar-refractivity contribution in [1.29, 1.82) is 0 Å². The molecule has 0 aliphatic carbocycles. The van der Waals surface area contributed by atoms with Gasteiger partial charge in [-0.1, -0.05) is 0 Å². The standard InChI is InChI=1S/C14H21N3O2/c1-4-19-13(18)11-5-6-12(16-9-11)17-8-7-15-10-14(17,2)3/h5-6,9,15H,4,7-8,10H2,1-3H3. The first-order valence-corrected chi connectivity index (χ1v) is 6.66. The third-order valence-electron chi connectivity index (χ3n) is 3.34. The van der Waals surface area contributed by atoms with Gasteiger partial charge in [0.1, 0.15) is 5.82 Å². The lowest BCUT2D eigenvalue weighted by molar-refractivity contribution is 0.0526. The molecule has 0 radical (unpaired) electrons. The maximum atomic E-state index is 11.6. The Kier molecular flexibility index (Phi) is 4.04. The van der Waals surface area contributed by atoms with Crippen LogP contribution in [0.25, 0.3) is 0 Å². The van der Waals surface area contributed by atoms with Crippen LogP contribution in [0.1, 0.15) is 31.1 Å². The van der Waals surface area contributed by atoms with Crippen molar-refractivity contribution in [1.82, 2.24) is 10.3 Å². The number of hydrogen-bond donors (Lipinski definition) is 1. The second-order valence-electron chi connectivity index (χ2n) is 5.27. The monoisotopic (exact) mass is 263 g/mol. The number of anilines is 1. The van der Waals surface area contributed by atoms with E-state index in [0.717, 1.165) is 25.5 Å². The normalized spacial score (nSPS) is 18.2. The van der Waals surface area contributed by atoms with Gasteiger partial charge in [0.15, 0.2) is 0 Å².